The van der Waals surface area contributed by atoms with Crippen LogP contribution >= 0.6 is 0 Å². The molecule has 1 aliphatic carbocycles. The van der Waals surface area contributed by atoms with Gasteiger partial charge in [0.15, 0.2) is 0 Å². The van der Waals surface area contributed by atoms with Gasteiger partial charge in [0.25, 0.3) is 0 Å². The zero-order chi connectivity index (χ0) is 17.6. The molecule has 1 saturated carbocycles. The lowest BCUT2D eigenvalue weighted by Crippen LogP contribution is -2.46. The number of halogens is 3. The Morgan fingerprint density at radius 1 is 1.17 bits per heavy atom. The number of aliphatic hydroxyl groups excluding tert-OH is 1. The van der Waals surface area contributed by atoms with Gasteiger partial charge in [-0.1, -0.05) is 30.7 Å². The van der Waals surface area contributed by atoms with Crippen LogP contribution in [0.15, 0.2) is 24.3 Å². The molecule has 0 saturated heterocycles. The minimum Gasteiger partial charge on any atom is -0.392 e. The van der Waals surface area contributed by atoms with Crippen molar-refractivity contribution in [2.75, 3.05) is 6.54 Å². The van der Waals surface area contributed by atoms with Crippen molar-refractivity contribution < 1.29 is 23.1 Å². The molecule has 7 heteroatoms. The van der Waals surface area contributed by atoms with Crippen LogP contribution in [0, 0.1) is 5.92 Å². The van der Waals surface area contributed by atoms with E-state index in [9.17, 15) is 18.0 Å². The van der Waals surface area contributed by atoms with E-state index in [1.807, 2.05) is 24.3 Å². The number of carbonyl (C=O) groups excluding carboxylic acids is 1. The summed E-state index contributed by atoms with van der Waals surface area (Å²) < 4.78 is 38.3. The number of urea groups is 1. The first-order valence-electron chi connectivity index (χ1n) is 8.18. The molecule has 1 aromatic rings. The highest BCUT2D eigenvalue weighted by molar-refractivity contribution is 5.74. The third kappa shape index (κ3) is 5.70. The molecule has 1 fully saturated rings. The van der Waals surface area contributed by atoms with E-state index in [1.165, 1.54) is 0 Å². The Kier molecular flexibility index (Phi) is 6.48. The summed E-state index contributed by atoms with van der Waals surface area (Å²) in [6, 6.07) is 6.54. The lowest BCUT2D eigenvalue weighted by molar-refractivity contribution is -0.183. The third-order valence-corrected chi connectivity index (χ3v) is 4.38. The Morgan fingerprint density at radius 2 is 1.83 bits per heavy atom. The zero-order valence-electron chi connectivity index (χ0n) is 13.4. The van der Waals surface area contributed by atoms with Gasteiger partial charge in [-0.15, -0.1) is 0 Å². The minimum absolute atomic E-state index is 0.0127. The van der Waals surface area contributed by atoms with Crippen molar-refractivity contribution in [3.8, 4) is 0 Å². The number of benzene rings is 1. The van der Waals surface area contributed by atoms with Crippen LogP contribution in [0.1, 0.15) is 36.8 Å². The van der Waals surface area contributed by atoms with Crippen LogP contribution in [0.25, 0.3) is 0 Å². The zero-order valence-corrected chi connectivity index (χ0v) is 13.4. The van der Waals surface area contributed by atoms with Crippen molar-refractivity contribution in [3.05, 3.63) is 35.4 Å². The van der Waals surface area contributed by atoms with Gasteiger partial charge in [-0.2, -0.15) is 13.2 Å². The van der Waals surface area contributed by atoms with E-state index in [-0.39, 0.29) is 19.4 Å². The van der Waals surface area contributed by atoms with Gasteiger partial charge in [0.05, 0.1) is 12.5 Å². The maximum Gasteiger partial charge on any atom is 0.391 e. The van der Waals surface area contributed by atoms with Crippen LogP contribution in [0.4, 0.5) is 18.0 Å². The molecule has 0 radical (unpaired) electrons. The number of nitrogens with one attached hydrogen (secondary N) is 2. The predicted octanol–water partition coefficient (Wildman–Crippen LogP) is 3.14. The van der Waals surface area contributed by atoms with Crippen molar-refractivity contribution in [1.29, 1.82) is 0 Å². The standard InChI is InChI=1S/C17H23F3N2O2/c18-17(19,20)14-2-1-3-15(10-14)22-16(24)21-9-8-12-4-6-13(11-23)7-5-12/h4-7,14-15,23H,1-3,8-11H2,(H2,21,22,24). The Bertz CT molecular complexity index is 532. The highest BCUT2D eigenvalue weighted by Crippen LogP contribution is 2.37. The lowest BCUT2D eigenvalue weighted by atomic mass is 9.85. The average molecular weight is 344 g/mol. The third-order valence-electron chi connectivity index (χ3n) is 4.38. The first-order valence-corrected chi connectivity index (χ1v) is 8.18. The summed E-state index contributed by atoms with van der Waals surface area (Å²) in [5.74, 6) is -1.32. The van der Waals surface area contributed by atoms with Crippen molar-refractivity contribution in [2.45, 2.75) is 50.9 Å². The van der Waals surface area contributed by atoms with Crippen molar-refractivity contribution >= 4 is 6.03 Å². The van der Waals surface area contributed by atoms with E-state index < -0.39 is 24.2 Å². The van der Waals surface area contributed by atoms with E-state index in [0.29, 0.717) is 25.8 Å². The number of carbonyl (C=O) groups is 1. The summed E-state index contributed by atoms with van der Waals surface area (Å²) in [5.41, 5.74) is 1.84. The molecule has 2 unspecified atom stereocenters. The molecule has 134 valence electrons. The number of hydrogen-bond acceptors (Lipinski definition) is 2. The van der Waals surface area contributed by atoms with E-state index in [2.05, 4.69) is 10.6 Å². The summed E-state index contributed by atoms with van der Waals surface area (Å²) in [6.07, 6.45) is -2.39. The van der Waals surface area contributed by atoms with Crippen LogP contribution in [-0.4, -0.2) is 29.9 Å². The maximum atomic E-state index is 12.8. The minimum atomic E-state index is -4.18. The fourth-order valence-electron chi connectivity index (χ4n) is 2.99. The second-order valence-electron chi connectivity index (χ2n) is 6.23. The summed E-state index contributed by atoms with van der Waals surface area (Å²) >= 11 is 0. The molecule has 3 N–H and O–H groups in total. The molecule has 2 atom stereocenters. The fraction of sp³-hybridized carbons (Fsp3) is 0.588. The molecular weight excluding hydrogens is 321 g/mol. The van der Waals surface area contributed by atoms with Crippen molar-refractivity contribution in [2.24, 2.45) is 5.92 Å². The summed E-state index contributed by atoms with van der Waals surface area (Å²) in [6.45, 7) is 0.390. The number of hydrogen-bond donors (Lipinski definition) is 3. The van der Waals surface area contributed by atoms with Gasteiger partial charge in [-0.3, -0.25) is 0 Å². The highest BCUT2D eigenvalue weighted by Gasteiger charge is 2.42. The molecule has 1 aromatic carbocycles. The summed E-state index contributed by atoms with van der Waals surface area (Å²) in [4.78, 5) is 11.8. The lowest BCUT2D eigenvalue weighted by Gasteiger charge is -2.31. The van der Waals surface area contributed by atoms with Crippen LogP contribution < -0.4 is 10.6 Å². The Balaban J connectivity index is 1.70. The summed E-state index contributed by atoms with van der Waals surface area (Å²) in [7, 11) is 0. The van der Waals surface area contributed by atoms with E-state index in [1.54, 1.807) is 0 Å². The SMILES string of the molecule is O=C(NCCc1ccc(CO)cc1)NC1CCCC(C(F)(F)F)C1. The summed E-state index contributed by atoms with van der Waals surface area (Å²) in [5, 5.41) is 14.3. The molecule has 0 heterocycles. The van der Waals surface area contributed by atoms with Gasteiger partial charge < -0.3 is 15.7 Å². The van der Waals surface area contributed by atoms with Crippen LogP contribution in [0.3, 0.4) is 0 Å². The van der Waals surface area contributed by atoms with Gasteiger partial charge in [-0.25, -0.2) is 4.79 Å². The second-order valence-corrected chi connectivity index (χ2v) is 6.23. The van der Waals surface area contributed by atoms with Gasteiger partial charge in [0.1, 0.15) is 0 Å². The number of alkyl halides is 3. The Morgan fingerprint density at radius 3 is 2.46 bits per heavy atom. The largest absolute Gasteiger partial charge is 0.392 e. The van der Waals surface area contributed by atoms with Gasteiger partial charge >= 0.3 is 12.2 Å². The second kappa shape index (κ2) is 8.37. The quantitative estimate of drug-likeness (QED) is 0.768. The number of rotatable bonds is 5. The number of amides is 2. The molecule has 0 spiro atoms. The van der Waals surface area contributed by atoms with Crippen molar-refractivity contribution in [1.82, 2.24) is 10.6 Å². The van der Waals surface area contributed by atoms with Gasteiger partial charge in [-0.05, 0) is 36.8 Å². The first-order chi connectivity index (χ1) is 11.4. The molecule has 4 nitrogen and oxygen atoms in total. The molecular formula is C17H23F3N2O2. The van der Waals surface area contributed by atoms with E-state index >= 15 is 0 Å². The molecule has 2 amide bonds. The monoisotopic (exact) mass is 344 g/mol. The molecule has 0 bridgehead atoms. The first kappa shape index (κ1) is 18.6. The molecule has 0 aromatic heterocycles. The average Bonchev–Trinajstić information content (AvgIpc) is 2.55. The normalized spacial score (nSPS) is 21.3. The molecule has 2 rings (SSSR count). The highest BCUT2D eigenvalue weighted by atomic mass is 19.4. The van der Waals surface area contributed by atoms with Gasteiger partial charge in [0, 0.05) is 12.6 Å². The predicted molar refractivity (Wildman–Crippen MR) is 84.4 cm³/mol. The van der Waals surface area contributed by atoms with Crippen molar-refractivity contribution in [3.63, 3.8) is 0 Å². The number of aliphatic hydroxyl groups is 1. The van der Waals surface area contributed by atoms with E-state index in [4.69, 9.17) is 5.11 Å². The molecule has 24 heavy (non-hydrogen) atoms. The Hall–Kier alpha value is -1.76. The smallest absolute Gasteiger partial charge is 0.391 e. The molecule has 1 aliphatic rings. The topological polar surface area (TPSA) is 61.4 Å². The van der Waals surface area contributed by atoms with E-state index in [0.717, 1.165) is 11.1 Å². The van der Waals surface area contributed by atoms with Gasteiger partial charge in [0.2, 0.25) is 0 Å². The Labute approximate surface area is 139 Å². The van der Waals surface area contributed by atoms with Crippen LogP contribution in [0.5, 0.6) is 0 Å². The maximum absolute atomic E-state index is 12.8. The van der Waals surface area contributed by atoms with Crippen LogP contribution in [-0.2, 0) is 13.0 Å². The fourth-order valence-corrected chi connectivity index (χ4v) is 2.99. The van der Waals surface area contributed by atoms with Crippen LogP contribution in [0.2, 0.25) is 0 Å². The molecule has 0 aliphatic heterocycles.